The molecule has 1 heterocycles. The molecule has 2 aromatic rings. The largest absolute Gasteiger partial charge is 0.480 e. The second-order valence-electron chi connectivity index (χ2n) is 5.13. The third kappa shape index (κ3) is 4.87. The van der Waals surface area contributed by atoms with Gasteiger partial charge in [-0.1, -0.05) is 0 Å². The van der Waals surface area contributed by atoms with Gasteiger partial charge in [-0.25, -0.2) is 0 Å². The van der Waals surface area contributed by atoms with Crippen LogP contribution in [-0.4, -0.2) is 55.0 Å². The molecule has 140 valence electrons. The van der Waals surface area contributed by atoms with E-state index in [0.717, 1.165) is 17.0 Å². The molecule has 4 N–H and O–H groups in total. The van der Waals surface area contributed by atoms with Crippen molar-refractivity contribution < 1.29 is 24.7 Å². The number of hydrogen-bond acceptors (Lipinski definition) is 7. The molecule has 13 heteroatoms. The Morgan fingerprint density at radius 2 is 1.62 bits per heavy atom. The summed E-state index contributed by atoms with van der Waals surface area (Å²) >= 11 is 0. The normalized spacial score (nSPS) is 10.5. The number of halogens is 1. The highest BCUT2D eigenvalue weighted by molar-refractivity contribution is 5.85. The van der Waals surface area contributed by atoms with E-state index >= 15 is 0 Å². The molecule has 0 aliphatic heterocycles. The Bertz CT molecular complexity index is 966. The molecule has 0 aliphatic rings. The number of nitro benzene ring substituents is 1. The Morgan fingerprint density at radius 1 is 1.08 bits per heavy atom. The summed E-state index contributed by atoms with van der Waals surface area (Å²) < 4.78 is 0. The quantitative estimate of drug-likeness (QED) is 0.276. The van der Waals surface area contributed by atoms with Crippen LogP contribution in [0.25, 0.3) is 11.0 Å². The molecule has 0 saturated carbocycles. The van der Waals surface area contributed by atoms with Crippen molar-refractivity contribution in [2.75, 3.05) is 13.1 Å². The van der Waals surface area contributed by atoms with Crippen LogP contribution in [0.1, 0.15) is 5.56 Å². The summed E-state index contributed by atoms with van der Waals surface area (Å²) in [5.74, 6) is -2.59. The Labute approximate surface area is 149 Å². The molecule has 26 heavy (non-hydrogen) atoms. The summed E-state index contributed by atoms with van der Waals surface area (Å²) in [5, 5.41) is 28.8. The van der Waals surface area contributed by atoms with Gasteiger partial charge in [-0.15, -0.1) is 12.4 Å². The average molecular weight is 389 g/mol. The van der Waals surface area contributed by atoms with Gasteiger partial charge in [0.15, 0.2) is 0 Å². The van der Waals surface area contributed by atoms with Crippen LogP contribution in [0.15, 0.2) is 21.7 Å². The molecule has 0 aliphatic carbocycles. The van der Waals surface area contributed by atoms with Crippen molar-refractivity contribution in [1.29, 1.82) is 0 Å². The van der Waals surface area contributed by atoms with Crippen LogP contribution in [0.4, 0.5) is 5.69 Å². The van der Waals surface area contributed by atoms with Crippen molar-refractivity contribution in [1.82, 2.24) is 14.9 Å². The number of aromatic nitrogens is 2. The van der Waals surface area contributed by atoms with E-state index in [9.17, 15) is 29.3 Å². The molecule has 0 spiro atoms. The minimum absolute atomic E-state index is 0. The Hall–Kier alpha value is -3.25. The number of carbonyl (C=O) groups is 2. The van der Waals surface area contributed by atoms with E-state index in [-0.39, 0.29) is 35.5 Å². The van der Waals surface area contributed by atoms with Gasteiger partial charge in [-0.3, -0.25) is 34.2 Å². The van der Waals surface area contributed by atoms with E-state index in [1.807, 2.05) is 0 Å². The lowest BCUT2D eigenvalue weighted by molar-refractivity contribution is -0.384. The number of H-pyrrole nitrogens is 2. The number of hydrogen-bond donors (Lipinski definition) is 4. The number of carboxylic acids is 2. The predicted octanol–water partition coefficient (Wildman–Crippen LogP) is -0.482. The van der Waals surface area contributed by atoms with Crippen LogP contribution in [0.2, 0.25) is 0 Å². The fourth-order valence-corrected chi connectivity index (χ4v) is 2.30. The minimum Gasteiger partial charge on any atom is -0.480 e. The van der Waals surface area contributed by atoms with Gasteiger partial charge in [0.25, 0.3) is 5.69 Å². The summed E-state index contributed by atoms with van der Waals surface area (Å²) in [6.45, 7) is -1.58. The van der Waals surface area contributed by atoms with Crippen molar-refractivity contribution in [3.8, 4) is 0 Å². The van der Waals surface area contributed by atoms with E-state index in [1.165, 1.54) is 0 Å². The standard InChI is InChI=1S/C13H12N4O8.ClH/c18-9(19)4-16(5-10(20)21)3-6-1-7(17(24)25)2-8-11(6)15-13(23)12(22)14-8;/h1-2H,3-5H2,(H,14,22)(H,15,23)(H,18,19)(H,20,21);1H. The first-order chi connectivity index (χ1) is 11.7. The number of benzene rings is 1. The summed E-state index contributed by atoms with van der Waals surface area (Å²) in [6.07, 6.45) is 0. The van der Waals surface area contributed by atoms with Gasteiger partial charge in [0.05, 0.1) is 29.0 Å². The second-order valence-corrected chi connectivity index (χ2v) is 5.13. The second kappa shape index (κ2) is 8.22. The third-order valence-electron chi connectivity index (χ3n) is 3.22. The van der Waals surface area contributed by atoms with E-state index in [2.05, 4.69) is 9.97 Å². The fraction of sp³-hybridized carbons (Fsp3) is 0.231. The van der Waals surface area contributed by atoms with Crippen molar-refractivity contribution in [3.05, 3.63) is 48.5 Å². The number of aromatic amines is 2. The number of rotatable bonds is 7. The third-order valence-corrected chi connectivity index (χ3v) is 3.22. The first-order valence-electron chi connectivity index (χ1n) is 6.77. The van der Waals surface area contributed by atoms with Gasteiger partial charge in [-0.05, 0) is 5.56 Å². The molecular weight excluding hydrogens is 376 g/mol. The maximum Gasteiger partial charge on any atom is 0.317 e. The van der Waals surface area contributed by atoms with Crippen molar-refractivity contribution in [2.45, 2.75) is 6.54 Å². The molecule has 12 nitrogen and oxygen atoms in total. The summed E-state index contributed by atoms with van der Waals surface area (Å²) in [4.78, 5) is 60.4. The molecule has 2 rings (SSSR count). The van der Waals surface area contributed by atoms with Crippen LogP contribution in [0, 0.1) is 10.1 Å². The van der Waals surface area contributed by atoms with Crippen molar-refractivity contribution in [2.24, 2.45) is 0 Å². The highest BCUT2D eigenvalue weighted by atomic mass is 35.5. The lowest BCUT2D eigenvalue weighted by Gasteiger charge is -2.18. The van der Waals surface area contributed by atoms with Crippen molar-refractivity contribution >= 4 is 41.1 Å². The maximum absolute atomic E-state index is 11.5. The Kier molecular flexibility index (Phi) is 6.58. The first kappa shape index (κ1) is 20.8. The molecule has 0 amide bonds. The lowest BCUT2D eigenvalue weighted by atomic mass is 10.1. The molecular formula is C13H13ClN4O8. The van der Waals surface area contributed by atoms with Crippen LogP contribution in [-0.2, 0) is 16.1 Å². The average Bonchev–Trinajstić information content (AvgIpc) is 2.47. The number of aliphatic carboxylic acids is 2. The summed E-state index contributed by atoms with van der Waals surface area (Å²) in [7, 11) is 0. The molecule has 0 saturated heterocycles. The monoisotopic (exact) mass is 388 g/mol. The highest BCUT2D eigenvalue weighted by Crippen LogP contribution is 2.22. The van der Waals surface area contributed by atoms with Crippen LogP contribution in [0.3, 0.4) is 0 Å². The van der Waals surface area contributed by atoms with Gasteiger partial charge >= 0.3 is 23.1 Å². The zero-order chi connectivity index (χ0) is 18.7. The smallest absolute Gasteiger partial charge is 0.317 e. The molecule has 0 unspecified atom stereocenters. The molecule has 1 aromatic heterocycles. The van der Waals surface area contributed by atoms with Gasteiger partial charge in [0, 0.05) is 18.7 Å². The topological polar surface area (TPSA) is 187 Å². The predicted molar refractivity (Wildman–Crippen MR) is 89.6 cm³/mol. The molecule has 0 radical (unpaired) electrons. The van der Waals surface area contributed by atoms with Crippen LogP contribution < -0.4 is 11.1 Å². The van der Waals surface area contributed by atoms with Gasteiger partial charge in [0.2, 0.25) is 0 Å². The number of nitrogens with one attached hydrogen (secondary N) is 2. The van der Waals surface area contributed by atoms with E-state index in [0.29, 0.717) is 0 Å². The molecule has 0 bridgehead atoms. The summed E-state index contributed by atoms with van der Waals surface area (Å²) in [5.41, 5.74) is -2.29. The molecule has 0 atom stereocenters. The number of nitro groups is 1. The van der Waals surface area contributed by atoms with Gasteiger partial charge < -0.3 is 20.2 Å². The van der Waals surface area contributed by atoms with Crippen LogP contribution >= 0.6 is 12.4 Å². The van der Waals surface area contributed by atoms with E-state index in [4.69, 9.17) is 10.2 Å². The van der Waals surface area contributed by atoms with Gasteiger partial charge in [0.1, 0.15) is 0 Å². The van der Waals surface area contributed by atoms with E-state index < -0.39 is 46.8 Å². The fourth-order valence-electron chi connectivity index (χ4n) is 2.30. The Balaban J connectivity index is 0.00000338. The minimum atomic E-state index is -1.29. The highest BCUT2D eigenvalue weighted by Gasteiger charge is 2.19. The number of nitrogens with zero attached hydrogens (tertiary/aromatic N) is 2. The Morgan fingerprint density at radius 3 is 2.12 bits per heavy atom. The maximum atomic E-state index is 11.5. The first-order valence-corrected chi connectivity index (χ1v) is 6.77. The molecule has 0 fully saturated rings. The molecule has 1 aromatic carbocycles. The SMILES string of the molecule is Cl.O=C(O)CN(CC(=O)O)Cc1cc([N+](=O)[O-])cc2[nH]c(=O)c(=O)[nH]c12. The number of carboxylic acid groups (broad SMARTS) is 2. The van der Waals surface area contributed by atoms with Crippen LogP contribution in [0.5, 0.6) is 0 Å². The zero-order valence-electron chi connectivity index (χ0n) is 12.9. The van der Waals surface area contributed by atoms with Gasteiger partial charge in [-0.2, -0.15) is 0 Å². The van der Waals surface area contributed by atoms with Crippen molar-refractivity contribution in [3.63, 3.8) is 0 Å². The lowest BCUT2D eigenvalue weighted by Crippen LogP contribution is -2.34. The van der Waals surface area contributed by atoms with E-state index in [1.54, 1.807) is 0 Å². The zero-order valence-corrected chi connectivity index (χ0v) is 13.7. The number of fused-ring (bicyclic) bond motifs is 1. The number of non-ortho nitro benzene ring substituents is 1. The summed E-state index contributed by atoms with van der Waals surface area (Å²) in [6, 6.07) is 2.11.